The van der Waals surface area contributed by atoms with E-state index in [9.17, 15) is 0 Å². The number of nitrogens with one attached hydrogen (secondary N) is 1. The van der Waals surface area contributed by atoms with Gasteiger partial charge in [0.15, 0.2) is 0 Å². The Bertz CT molecular complexity index is 510. The second kappa shape index (κ2) is 7.41. The molecule has 4 heteroatoms. The van der Waals surface area contributed by atoms with Crippen LogP contribution in [0.2, 0.25) is 0 Å². The second-order valence-electron chi connectivity index (χ2n) is 5.08. The summed E-state index contributed by atoms with van der Waals surface area (Å²) in [5, 5.41) is 5.47. The van der Waals surface area contributed by atoms with E-state index >= 15 is 0 Å². The number of aromatic nitrogens is 1. The molecule has 1 N–H and O–H groups in total. The van der Waals surface area contributed by atoms with E-state index in [0.717, 1.165) is 25.3 Å². The second-order valence-corrected chi connectivity index (χ2v) is 6.06. The summed E-state index contributed by atoms with van der Waals surface area (Å²) in [6.45, 7) is 6.32. The van der Waals surface area contributed by atoms with Crippen molar-refractivity contribution in [2.45, 2.75) is 32.9 Å². The van der Waals surface area contributed by atoms with Crippen LogP contribution < -0.4 is 5.32 Å². The van der Waals surface area contributed by atoms with Gasteiger partial charge in [0.05, 0.1) is 0 Å². The lowest BCUT2D eigenvalue weighted by molar-refractivity contribution is 0.256. The van der Waals surface area contributed by atoms with Crippen molar-refractivity contribution >= 4 is 17.2 Å². The quantitative estimate of drug-likeness (QED) is 0.829. The molecule has 0 aliphatic carbocycles. The van der Waals surface area contributed by atoms with Crippen molar-refractivity contribution in [3.8, 4) is 0 Å². The van der Waals surface area contributed by atoms with Gasteiger partial charge in [-0.25, -0.2) is 4.98 Å². The van der Waals surface area contributed by atoms with E-state index in [-0.39, 0.29) is 0 Å². The topological polar surface area (TPSA) is 28.2 Å². The fourth-order valence-electron chi connectivity index (χ4n) is 2.09. The highest BCUT2D eigenvalue weighted by Crippen LogP contribution is 2.24. The molecule has 0 aliphatic heterocycles. The molecule has 0 saturated carbocycles. The summed E-state index contributed by atoms with van der Waals surface area (Å²) in [6.07, 6.45) is 3.00. The zero-order valence-corrected chi connectivity index (χ0v) is 13.3. The molecule has 3 nitrogen and oxygen atoms in total. The van der Waals surface area contributed by atoms with Crippen LogP contribution in [0, 0.1) is 0 Å². The molecule has 0 aliphatic rings. The highest BCUT2D eigenvalue weighted by Gasteiger charge is 2.12. The molecule has 0 fully saturated rings. The van der Waals surface area contributed by atoms with Crippen LogP contribution in [0.3, 0.4) is 0 Å². The molecule has 108 valence electrons. The summed E-state index contributed by atoms with van der Waals surface area (Å²) < 4.78 is 0. The number of hydrogen-bond acceptors (Lipinski definition) is 4. The van der Waals surface area contributed by atoms with Gasteiger partial charge in [-0.2, -0.15) is 0 Å². The number of thiophene rings is 1. The first-order valence-corrected chi connectivity index (χ1v) is 8.01. The summed E-state index contributed by atoms with van der Waals surface area (Å²) in [7, 11) is 2.17. The molecule has 20 heavy (non-hydrogen) atoms. The van der Waals surface area contributed by atoms with Crippen LogP contribution in [0.1, 0.15) is 36.8 Å². The van der Waals surface area contributed by atoms with Gasteiger partial charge in [0.25, 0.3) is 0 Å². The van der Waals surface area contributed by atoms with E-state index < -0.39 is 0 Å². The fraction of sp³-hybridized carbons (Fsp3) is 0.438. The van der Waals surface area contributed by atoms with Gasteiger partial charge in [0, 0.05) is 30.2 Å². The van der Waals surface area contributed by atoms with Gasteiger partial charge in [-0.15, -0.1) is 11.3 Å². The molecule has 0 amide bonds. The lowest BCUT2D eigenvalue weighted by atomic mass is 10.2. The van der Waals surface area contributed by atoms with Crippen molar-refractivity contribution in [2.75, 3.05) is 18.9 Å². The third kappa shape index (κ3) is 4.05. The van der Waals surface area contributed by atoms with E-state index in [4.69, 9.17) is 0 Å². The number of pyridine rings is 1. The maximum absolute atomic E-state index is 4.35. The Morgan fingerprint density at radius 3 is 2.95 bits per heavy atom. The van der Waals surface area contributed by atoms with E-state index in [2.05, 4.69) is 65.7 Å². The monoisotopic (exact) mass is 289 g/mol. The molecule has 0 spiro atoms. The van der Waals surface area contributed by atoms with Gasteiger partial charge in [-0.1, -0.05) is 13.0 Å². The Labute approximate surface area is 125 Å². The third-order valence-corrected chi connectivity index (χ3v) is 4.47. The molecule has 1 unspecified atom stereocenters. The average Bonchev–Trinajstić information content (AvgIpc) is 2.98. The van der Waals surface area contributed by atoms with Crippen molar-refractivity contribution in [2.24, 2.45) is 0 Å². The molecule has 0 bridgehead atoms. The standard InChI is InChI=1S/C16H23N3S/c1-4-8-17-16-11-14(7-9-18-16)12-19(3)13(2)15-6-5-10-20-15/h5-7,9-11,13H,4,8,12H2,1-3H3,(H,17,18). The number of hydrogen-bond donors (Lipinski definition) is 1. The lowest BCUT2D eigenvalue weighted by Crippen LogP contribution is -2.21. The number of nitrogens with zero attached hydrogens (tertiary/aromatic N) is 2. The molecule has 2 rings (SSSR count). The van der Waals surface area contributed by atoms with E-state index in [0.29, 0.717) is 6.04 Å². The zero-order chi connectivity index (χ0) is 14.4. The molecule has 0 radical (unpaired) electrons. The first-order valence-electron chi connectivity index (χ1n) is 7.13. The highest BCUT2D eigenvalue weighted by molar-refractivity contribution is 7.10. The van der Waals surface area contributed by atoms with Crippen LogP contribution in [0.15, 0.2) is 35.8 Å². The van der Waals surface area contributed by atoms with Crippen LogP contribution in [-0.4, -0.2) is 23.5 Å². The van der Waals surface area contributed by atoms with E-state index in [1.165, 1.54) is 10.4 Å². The molecule has 2 aromatic rings. The molecule has 0 aromatic carbocycles. The minimum atomic E-state index is 0.440. The molecular formula is C16H23N3S. The lowest BCUT2D eigenvalue weighted by Gasteiger charge is -2.24. The predicted octanol–water partition coefficient (Wildman–Crippen LogP) is 4.16. The van der Waals surface area contributed by atoms with Crippen molar-refractivity contribution in [3.63, 3.8) is 0 Å². The first-order chi connectivity index (χ1) is 9.70. The maximum Gasteiger partial charge on any atom is 0.126 e. The van der Waals surface area contributed by atoms with Gasteiger partial charge < -0.3 is 5.32 Å². The predicted molar refractivity (Wildman–Crippen MR) is 87.2 cm³/mol. The Morgan fingerprint density at radius 2 is 2.25 bits per heavy atom. The number of anilines is 1. The van der Waals surface area contributed by atoms with Crippen molar-refractivity contribution in [3.05, 3.63) is 46.3 Å². The van der Waals surface area contributed by atoms with Gasteiger partial charge in [-0.05, 0) is 49.5 Å². The Morgan fingerprint density at radius 1 is 1.40 bits per heavy atom. The third-order valence-electron chi connectivity index (χ3n) is 3.43. The van der Waals surface area contributed by atoms with Gasteiger partial charge in [0.2, 0.25) is 0 Å². The molecule has 1 atom stereocenters. The normalized spacial score (nSPS) is 12.6. The SMILES string of the molecule is CCCNc1cc(CN(C)C(C)c2cccs2)ccn1. The average molecular weight is 289 g/mol. The number of rotatable bonds is 7. The summed E-state index contributed by atoms with van der Waals surface area (Å²) >= 11 is 1.82. The minimum Gasteiger partial charge on any atom is -0.370 e. The maximum atomic E-state index is 4.35. The van der Waals surface area contributed by atoms with Crippen LogP contribution >= 0.6 is 11.3 Å². The van der Waals surface area contributed by atoms with Crippen LogP contribution in [0.4, 0.5) is 5.82 Å². The molecule has 2 heterocycles. The molecule has 0 saturated heterocycles. The smallest absolute Gasteiger partial charge is 0.126 e. The van der Waals surface area contributed by atoms with E-state index in [1.54, 1.807) is 0 Å². The van der Waals surface area contributed by atoms with Crippen LogP contribution in [-0.2, 0) is 6.54 Å². The van der Waals surface area contributed by atoms with Crippen LogP contribution in [0.25, 0.3) is 0 Å². The Kier molecular flexibility index (Phi) is 5.56. The summed E-state index contributed by atoms with van der Waals surface area (Å²) in [5.41, 5.74) is 1.30. The molecule has 2 aromatic heterocycles. The van der Waals surface area contributed by atoms with Crippen molar-refractivity contribution in [1.29, 1.82) is 0 Å². The van der Waals surface area contributed by atoms with Gasteiger partial charge >= 0.3 is 0 Å². The summed E-state index contributed by atoms with van der Waals surface area (Å²) in [5.74, 6) is 0.974. The minimum absolute atomic E-state index is 0.440. The Hall–Kier alpha value is -1.39. The zero-order valence-electron chi connectivity index (χ0n) is 12.5. The largest absolute Gasteiger partial charge is 0.370 e. The highest BCUT2D eigenvalue weighted by atomic mass is 32.1. The molecular weight excluding hydrogens is 266 g/mol. The van der Waals surface area contributed by atoms with Crippen molar-refractivity contribution in [1.82, 2.24) is 9.88 Å². The van der Waals surface area contributed by atoms with Crippen LogP contribution in [0.5, 0.6) is 0 Å². The fourth-order valence-corrected chi connectivity index (χ4v) is 2.94. The Balaban J connectivity index is 1.98. The summed E-state index contributed by atoms with van der Waals surface area (Å²) in [6, 6.07) is 8.99. The summed E-state index contributed by atoms with van der Waals surface area (Å²) in [4.78, 5) is 8.13. The van der Waals surface area contributed by atoms with E-state index in [1.807, 2.05) is 17.5 Å². The van der Waals surface area contributed by atoms with Crippen molar-refractivity contribution < 1.29 is 0 Å². The van der Waals surface area contributed by atoms with Gasteiger partial charge in [0.1, 0.15) is 5.82 Å². The van der Waals surface area contributed by atoms with Gasteiger partial charge in [-0.3, -0.25) is 4.90 Å². The first kappa shape index (κ1) is 15.0.